The van der Waals surface area contributed by atoms with E-state index in [0.29, 0.717) is 35.6 Å². The maximum Gasteiger partial charge on any atom is 0.270 e. The van der Waals surface area contributed by atoms with E-state index < -0.39 is 12.0 Å². The van der Waals surface area contributed by atoms with Crippen LogP contribution in [0.4, 0.5) is 14.6 Å². The van der Waals surface area contributed by atoms with E-state index in [9.17, 15) is 13.6 Å². The van der Waals surface area contributed by atoms with Crippen molar-refractivity contribution in [2.24, 2.45) is 5.92 Å². The van der Waals surface area contributed by atoms with Gasteiger partial charge in [-0.3, -0.25) is 9.48 Å². The number of alkyl halides is 2. The lowest BCUT2D eigenvalue weighted by atomic mass is 9.81. The molecule has 3 aromatic heterocycles. The zero-order valence-corrected chi connectivity index (χ0v) is 22.2. The van der Waals surface area contributed by atoms with Crippen LogP contribution in [0.2, 0.25) is 0 Å². The van der Waals surface area contributed by atoms with Crippen LogP contribution in [0, 0.1) is 12.8 Å². The number of methoxy groups -OCH3 is 1. The average Bonchev–Trinajstić information content (AvgIpc) is 3.55. The summed E-state index contributed by atoms with van der Waals surface area (Å²) >= 11 is 0. The van der Waals surface area contributed by atoms with E-state index in [2.05, 4.69) is 20.8 Å². The molecule has 3 heterocycles. The molecule has 3 aromatic rings. The third kappa shape index (κ3) is 5.64. The Morgan fingerprint density at radius 3 is 2.61 bits per heavy atom. The van der Waals surface area contributed by atoms with E-state index in [0.717, 1.165) is 31.4 Å². The van der Waals surface area contributed by atoms with Gasteiger partial charge in [0.05, 0.1) is 24.0 Å². The highest BCUT2D eigenvalue weighted by atomic mass is 19.3. The Balaban J connectivity index is 1.40. The highest BCUT2D eigenvalue weighted by Gasteiger charge is 2.39. The van der Waals surface area contributed by atoms with Gasteiger partial charge in [-0.1, -0.05) is 0 Å². The molecule has 2 saturated carbocycles. The van der Waals surface area contributed by atoms with E-state index >= 15 is 0 Å². The van der Waals surface area contributed by atoms with Crippen LogP contribution >= 0.6 is 0 Å². The second-order valence-corrected chi connectivity index (χ2v) is 10.5. The Morgan fingerprint density at radius 2 is 1.92 bits per heavy atom. The van der Waals surface area contributed by atoms with Crippen LogP contribution in [-0.4, -0.2) is 60.4 Å². The number of nitrogens with one attached hydrogen (secondary N) is 2. The summed E-state index contributed by atoms with van der Waals surface area (Å²) < 4.78 is 36.6. The molecule has 2 N–H and O–H groups in total. The molecule has 12 heteroatoms. The highest BCUT2D eigenvalue weighted by Crippen LogP contribution is 2.41. The molecule has 1 atom stereocenters. The van der Waals surface area contributed by atoms with Gasteiger partial charge >= 0.3 is 0 Å². The zero-order valence-electron chi connectivity index (χ0n) is 22.2. The first-order valence-corrected chi connectivity index (χ1v) is 13.5. The molecule has 2 fully saturated rings. The Kier molecular flexibility index (Phi) is 7.60. The number of aromatic nitrogens is 6. The molecule has 0 aromatic carbocycles. The van der Waals surface area contributed by atoms with Gasteiger partial charge in [0, 0.05) is 38.7 Å². The van der Waals surface area contributed by atoms with Gasteiger partial charge in [-0.2, -0.15) is 15.2 Å². The Morgan fingerprint density at radius 1 is 1.18 bits per heavy atom. The van der Waals surface area contributed by atoms with Crippen LogP contribution in [0.3, 0.4) is 0 Å². The molecule has 5 rings (SSSR count). The van der Waals surface area contributed by atoms with Crippen molar-refractivity contribution in [3.8, 4) is 0 Å². The highest BCUT2D eigenvalue weighted by molar-refractivity contribution is 5.92. The molecular weight excluding hydrogens is 494 g/mol. The molecule has 0 bridgehead atoms. The lowest BCUT2D eigenvalue weighted by Gasteiger charge is -2.33. The molecule has 1 unspecified atom stereocenters. The molecule has 0 spiro atoms. The number of nitrogens with zero attached hydrogens (tertiary/aromatic N) is 6. The fourth-order valence-electron chi connectivity index (χ4n) is 5.66. The molecule has 0 aliphatic heterocycles. The number of imidazole rings is 1. The number of hydrogen-bond acceptors (Lipinski definition) is 7. The summed E-state index contributed by atoms with van der Waals surface area (Å²) in [5.74, 6) is -2.09. The summed E-state index contributed by atoms with van der Waals surface area (Å²) in [7, 11) is 1.75. The van der Waals surface area contributed by atoms with Crippen molar-refractivity contribution in [1.29, 1.82) is 0 Å². The average molecular weight is 531 g/mol. The van der Waals surface area contributed by atoms with E-state index in [-0.39, 0.29) is 43.6 Å². The number of ether oxygens (including phenoxy) is 1. The molecule has 0 radical (unpaired) electrons. The van der Waals surface area contributed by atoms with Gasteiger partial charge in [-0.15, -0.1) is 0 Å². The summed E-state index contributed by atoms with van der Waals surface area (Å²) in [6.07, 6.45) is 7.75. The number of anilines is 1. The second-order valence-electron chi connectivity index (χ2n) is 10.5. The van der Waals surface area contributed by atoms with Crippen molar-refractivity contribution < 1.29 is 18.3 Å². The molecule has 38 heavy (non-hydrogen) atoms. The van der Waals surface area contributed by atoms with Crippen molar-refractivity contribution in [2.45, 2.75) is 95.9 Å². The van der Waals surface area contributed by atoms with E-state index in [1.165, 1.54) is 0 Å². The van der Waals surface area contributed by atoms with Crippen molar-refractivity contribution in [1.82, 2.24) is 34.7 Å². The summed E-state index contributed by atoms with van der Waals surface area (Å²) in [4.78, 5) is 22.7. The normalized spacial score (nSPS) is 22.9. The number of carbonyl (C=O) groups is 1. The number of aryl methyl sites for hydroxylation is 2. The minimum absolute atomic E-state index is 0.184. The monoisotopic (exact) mass is 530 g/mol. The van der Waals surface area contributed by atoms with E-state index in [1.807, 2.05) is 13.8 Å². The predicted molar refractivity (Wildman–Crippen MR) is 137 cm³/mol. The lowest BCUT2D eigenvalue weighted by Crippen LogP contribution is -2.38. The van der Waals surface area contributed by atoms with E-state index in [4.69, 9.17) is 14.7 Å². The number of halogens is 2. The Bertz CT molecular complexity index is 1260. The second kappa shape index (κ2) is 10.9. The molecule has 2 aliphatic rings. The first kappa shape index (κ1) is 26.5. The molecule has 206 valence electrons. The summed E-state index contributed by atoms with van der Waals surface area (Å²) in [5.41, 5.74) is 1.72. The van der Waals surface area contributed by atoms with Gasteiger partial charge in [-0.25, -0.2) is 18.3 Å². The summed E-state index contributed by atoms with van der Waals surface area (Å²) in [5, 5.41) is 15.4. The predicted octanol–water partition coefficient (Wildman–Crippen LogP) is 4.32. The van der Waals surface area contributed by atoms with Crippen molar-refractivity contribution in [3.05, 3.63) is 35.5 Å². The maximum atomic E-state index is 14.0. The van der Waals surface area contributed by atoms with Gasteiger partial charge in [0.2, 0.25) is 5.92 Å². The topological polar surface area (TPSA) is 111 Å². The first-order chi connectivity index (χ1) is 18.3. The fraction of sp³-hybridized carbons (Fsp3) is 0.654. The quantitative estimate of drug-likeness (QED) is 0.446. The van der Waals surface area contributed by atoms with Gasteiger partial charge in [0.1, 0.15) is 11.4 Å². The van der Waals surface area contributed by atoms with Crippen LogP contribution in [0.5, 0.6) is 0 Å². The largest absolute Gasteiger partial charge is 0.381 e. The minimum atomic E-state index is -2.67. The molecule has 1 amide bonds. The van der Waals surface area contributed by atoms with Crippen LogP contribution in [0.15, 0.2) is 18.5 Å². The van der Waals surface area contributed by atoms with Gasteiger partial charge in [0.25, 0.3) is 11.7 Å². The van der Waals surface area contributed by atoms with Crippen LogP contribution in [-0.2, 0) is 11.3 Å². The van der Waals surface area contributed by atoms with Crippen LogP contribution < -0.4 is 10.6 Å². The van der Waals surface area contributed by atoms with Crippen molar-refractivity contribution in [3.63, 3.8) is 0 Å². The Labute approximate surface area is 220 Å². The Hall–Kier alpha value is -3.15. The van der Waals surface area contributed by atoms with E-state index in [1.54, 1.807) is 34.8 Å². The standard InChI is InChI=1S/C26H36F2N8O2/c1-4-35-21(11-14-29-35)24(37)32-22(17-9-12-26(27,28)13-10-17)20-15-36-25(31-20)33-23(16(2)34-36)30-18-5-7-19(38-3)8-6-18/h11,14-15,17-19,22H,4-10,12-13H2,1-3H3,(H,32,37)(H,30,31,33). The molecule has 10 nitrogen and oxygen atoms in total. The number of hydrogen-bond donors (Lipinski definition) is 2. The van der Waals surface area contributed by atoms with Crippen molar-refractivity contribution >= 4 is 17.5 Å². The van der Waals surface area contributed by atoms with Crippen molar-refractivity contribution in [2.75, 3.05) is 12.4 Å². The number of fused-ring (bicyclic) bond motifs is 1. The summed E-state index contributed by atoms with van der Waals surface area (Å²) in [6.45, 7) is 4.34. The van der Waals surface area contributed by atoms with Crippen LogP contribution in [0.25, 0.3) is 5.78 Å². The smallest absolute Gasteiger partial charge is 0.270 e. The third-order valence-corrected chi connectivity index (χ3v) is 7.94. The molecular formula is C26H36F2N8O2. The fourth-order valence-corrected chi connectivity index (χ4v) is 5.66. The van der Waals surface area contributed by atoms with Gasteiger partial charge < -0.3 is 15.4 Å². The van der Waals surface area contributed by atoms with Gasteiger partial charge in [-0.05, 0) is 64.4 Å². The first-order valence-electron chi connectivity index (χ1n) is 13.5. The SMILES string of the molecule is CCn1nccc1C(=O)NC(c1cn2nc(C)c(NC3CCC(OC)CC3)nc2n1)C1CCC(F)(F)CC1. The van der Waals surface area contributed by atoms with Crippen LogP contribution in [0.1, 0.15) is 86.2 Å². The molecule has 0 saturated heterocycles. The summed E-state index contributed by atoms with van der Waals surface area (Å²) in [6, 6.07) is 1.38. The minimum Gasteiger partial charge on any atom is -0.381 e. The number of amides is 1. The third-order valence-electron chi connectivity index (χ3n) is 7.94. The number of carbonyl (C=O) groups excluding carboxylic acids is 1. The zero-order chi connectivity index (χ0) is 26.9. The maximum absolute atomic E-state index is 14.0. The lowest BCUT2D eigenvalue weighted by molar-refractivity contribution is -0.0495. The van der Waals surface area contributed by atoms with Gasteiger partial charge in [0.15, 0.2) is 5.82 Å². The number of rotatable bonds is 8. The molecule has 2 aliphatic carbocycles.